The van der Waals surface area contributed by atoms with Gasteiger partial charge in [-0.1, -0.05) is 6.07 Å². The number of amides is 2. The molecule has 2 N–H and O–H groups in total. The summed E-state index contributed by atoms with van der Waals surface area (Å²) in [7, 11) is 1.66. The van der Waals surface area contributed by atoms with Gasteiger partial charge in [-0.3, -0.25) is 19.7 Å². The lowest BCUT2D eigenvalue weighted by atomic mass is 10.1. The Bertz CT molecular complexity index is 587. The molecule has 0 aliphatic carbocycles. The number of nitrogen functional groups attached to an aromatic ring is 1. The molecule has 1 aliphatic rings. The van der Waals surface area contributed by atoms with Gasteiger partial charge in [0.25, 0.3) is 11.6 Å². The highest BCUT2D eigenvalue weighted by Gasteiger charge is 2.28. The van der Waals surface area contributed by atoms with E-state index >= 15 is 0 Å². The van der Waals surface area contributed by atoms with E-state index in [2.05, 4.69) is 0 Å². The van der Waals surface area contributed by atoms with E-state index in [0.717, 1.165) is 0 Å². The number of likely N-dealkylation sites (N-methyl/N-ethyl adjacent to an activating group) is 1. The number of nitrogens with two attached hydrogens (primary N) is 1. The number of rotatable bonds is 2. The summed E-state index contributed by atoms with van der Waals surface area (Å²) in [4.78, 5) is 36.9. The number of nitro benzene ring substituents is 1. The molecule has 8 heteroatoms. The summed E-state index contributed by atoms with van der Waals surface area (Å²) in [6.45, 7) is 0.764. The predicted octanol–water partition coefficient (Wildman–Crippen LogP) is 0.0912. The maximum Gasteiger partial charge on any atom is 0.292 e. The van der Waals surface area contributed by atoms with Crippen molar-refractivity contribution < 1.29 is 14.5 Å². The van der Waals surface area contributed by atoms with Crippen molar-refractivity contribution in [2.45, 2.75) is 0 Å². The van der Waals surface area contributed by atoms with Crippen molar-refractivity contribution in [2.75, 3.05) is 32.4 Å². The van der Waals surface area contributed by atoms with Gasteiger partial charge < -0.3 is 15.5 Å². The molecule has 0 atom stereocenters. The van der Waals surface area contributed by atoms with E-state index in [1.54, 1.807) is 7.05 Å². The lowest BCUT2D eigenvalue weighted by molar-refractivity contribution is -0.383. The largest absolute Gasteiger partial charge is 0.393 e. The maximum absolute atomic E-state index is 12.3. The molecule has 2 rings (SSSR count). The first-order valence-corrected chi connectivity index (χ1v) is 5.98. The minimum absolute atomic E-state index is 0.0442. The Balaban J connectivity index is 2.28. The van der Waals surface area contributed by atoms with Crippen LogP contribution in [-0.4, -0.2) is 53.2 Å². The SMILES string of the molecule is CN1CCN(C(=O)c2cccc([N+](=O)[O-])c2N)CC1=O. The van der Waals surface area contributed by atoms with Gasteiger partial charge in [0.2, 0.25) is 5.91 Å². The molecule has 1 aliphatic heterocycles. The van der Waals surface area contributed by atoms with Crippen molar-refractivity contribution in [1.82, 2.24) is 9.80 Å². The number of carbonyl (C=O) groups excluding carboxylic acids is 2. The second kappa shape index (κ2) is 5.16. The summed E-state index contributed by atoms with van der Waals surface area (Å²) in [5, 5.41) is 10.8. The smallest absolute Gasteiger partial charge is 0.292 e. The standard InChI is InChI=1S/C12H14N4O4/c1-14-5-6-15(7-10(14)17)12(18)8-3-2-4-9(11(8)13)16(19)20/h2-4H,5-7,13H2,1H3. The van der Waals surface area contributed by atoms with Crippen molar-refractivity contribution in [3.05, 3.63) is 33.9 Å². The van der Waals surface area contributed by atoms with Gasteiger partial charge >= 0.3 is 0 Å². The zero-order chi connectivity index (χ0) is 14.9. The molecule has 2 amide bonds. The van der Waals surface area contributed by atoms with Gasteiger partial charge in [0.05, 0.1) is 10.5 Å². The molecule has 0 bridgehead atoms. The molecule has 1 saturated heterocycles. The summed E-state index contributed by atoms with van der Waals surface area (Å²) in [6.07, 6.45) is 0. The van der Waals surface area contributed by atoms with Crippen LogP contribution in [0.25, 0.3) is 0 Å². The molecular weight excluding hydrogens is 264 g/mol. The molecule has 1 aromatic rings. The minimum atomic E-state index is -0.638. The summed E-state index contributed by atoms with van der Waals surface area (Å²) in [6, 6.07) is 4.06. The van der Waals surface area contributed by atoms with E-state index in [1.807, 2.05) is 0 Å². The molecule has 0 saturated carbocycles. The van der Waals surface area contributed by atoms with Crippen LogP contribution >= 0.6 is 0 Å². The minimum Gasteiger partial charge on any atom is -0.393 e. The third-order valence-corrected chi connectivity index (χ3v) is 3.25. The monoisotopic (exact) mass is 278 g/mol. The van der Waals surface area contributed by atoms with Crippen molar-refractivity contribution in [3.8, 4) is 0 Å². The number of piperazine rings is 1. The van der Waals surface area contributed by atoms with Crippen LogP contribution in [0.3, 0.4) is 0 Å². The Morgan fingerprint density at radius 2 is 2.10 bits per heavy atom. The van der Waals surface area contributed by atoms with E-state index in [1.165, 1.54) is 28.0 Å². The lowest BCUT2D eigenvalue weighted by Crippen LogP contribution is -2.50. The molecule has 1 fully saturated rings. The number of nitro groups is 1. The number of para-hydroxylation sites is 1. The number of benzene rings is 1. The molecule has 20 heavy (non-hydrogen) atoms. The van der Waals surface area contributed by atoms with Crippen LogP contribution in [0.4, 0.5) is 11.4 Å². The number of nitrogens with zero attached hydrogens (tertiary/aromatic N) is 3. The van der Waals surface area contributed by atoms with Crippen LogP contribution < -0.4 is 5.73 Å². The van der Waals surface area contributed by atoms with Crippen LogP contribution in [0.1, 0.15) is 10.4 Å². The van der Waals surface area contributed by atoms with Crippen LogP contribution in [0.2, 0.25) is 0 Å². The van der Waals surface area contributed by atoms with Gasteiger partial charge in [0, 0.05) is 26.2 Å². The number of hydrogen-bond donors (Lipinski definition) is 1. The number of anilines is 1. The quantitative estimate of drug-likeness (QED) is 0.468. The first-order valence-electron chi connectivity index (χ1n) is 5.98. The Morgan fingerprint density at radius 3 is 2.70 bits per heavy atom. The van der Waals surface area contributed by atoms with Crippen molar-refractivity contribution in [3.63, 3.8) is 0 Å². The normalized spacial score (nSPS) is 15.3. The van der Waals surface area contributed by atoms with E-state index < -0.39 is 10.8 Å². The Hall–Kier alpha value is -2.64. The van der Waals surface area contributed by atoms with Gasteiger partial charge in [0.15, 0.2) is 0 Å². The van der Waals surface area contributed by atoms with Gasteiger partial charge in [-0.15, -0.1) is 0 Å². The fraction of sp³-hybridized carbons (Fsp3) is 0.333. The molecule has 8 nitrogen and oxygen atoms in total. The van der Waals surface area contributed by atoms with Crippen molar-refractivity contribution in [1.29, 1.82) is 0 Å². The fourth-order valence-corrected chi connectivity index (χ4v) is 2.00. The van der Waals surface area contributed by atoms with E-state index in [9.17, 15) is 19.7 Å². The van der Waals surface area contributed by atoms with Crippen LogP contribution in [-0.2, 0) is 4.79 Å². The molecule has 0 spiro atoms. The Kier molecular flexibility index (Phi) is 3.55. The zero-order valence-electron chi connectivity index (χ0n) is 10.9. The highest BCUT2D eigenvalue weighted by molar-refractivity contribution is 6.02. The fourth-order valence-electron chi connectivity index (χ4n) is 2.00. The van der Waals surface area contributed by atoms with Gasteiger partial charge in [-0.25, -0.2) is 0 Å². The van der Waals surface area contributed by atoms with Gasteiger partial charge in [-0.05, 0) is 6.07 Å². The van der Waals surface area contributed by atoms with Crippen LogP contribution in [0.15, 0.2) is 18.2 Å². The Morgan fingerprint density at radius 1 is 1.40 bits per heavy atom. The molecule has 1 heterocycles. The van der Waals surface area contributed by atoms with Crippen LogP contribution in [0.5, 0.6) is 0 Å². The first kappa shape index (κ1) is 13.8. The topological polar surface area (TPSA) is 110 Å². The van der Waals surface area contributed by atoms with E-state index in [0.29, 0.717) is 13.1 Å². The zero-order valence-corrected chi connectivity index (χ0v) is 10.9. The highest BCUT2D eigenvalue weighted by Crippen LogP contribution is 2.26. The number of carbonyl (C=O) groups is 2. The van der Waals surface area contributed by atoms with Gasteiger partial charge in [-0.2, -0.15) is 0 Å². The molecule has 0 unspecified atom stereocenters. The average molecular weight is 278 g/mol. The van der Waals surface area contributed by atoms with E-state index in [-0.39, 0.29) is 29.4 Å². The molecule has 1 aromatic carbocycles. The second-order valence-electron chi connectivity index (χ2n) is 4.54. The maximum atomic E-state index is 12.3. The highest BCUT2D eigenvalue weighted by atomic mass is 16.6. The number of hydrogen-bond acceptors (Lipinski definition) is 5. The molecule has 0 aromatic heterocycles. The predicted molar refractivity (Wildman–Crippen MR) is 71.0 cm³/mol. The van der Waals surface area contributed by atoms with E-state index in [4.69, 9.17) is 5.73 Å². The second-order valence-corrected chi connectivity index (χ2v) is 4.54. The lowest BCUT2D eigenvalue weighted by Gasteiger charge is -2.32. The summed E-state index contributed by atoms with van der Waals surface area (Å²) < 4.78 is 0. The van der Waals surface area contributed by atoms with Crippen LogP contribution in [0, 0.1) is 10.1 Å². The summed E-state index contributed by atoms with van der Waals surface area (Å²) in [5.74, 6) is -0.638. The molecule has 106 valence electrons. The van der Waals surface area contributed by atoms with Crippen molar-refractivity contribution >= 4 is 23.2 Å². The summed E-state index contributed by atoms with van der Waals surface area (Å²) in [5.41, 5.74) is 5.24. The first-order chi connectivity index (χ1) is 9.41. The Labute approximate surface area is 114 Å². The average Bonchev–Trinajstić information content (AvgIpc) is 2.41. The third kappa shape index (κ3) is 2.40. The van der Waals surface area contributed by atoms with Gasteiger partial charge in [0.1, 0.15) is 12.2 Å². The third-order valence-electron chi connectivity index (χ3n) is 3.25. The van der Waals surface area contributed by atoms with Crippen molar-refractivity contribution in [2.24, 2.45) is 0 Å². The summed E-state index contributed by atoms with van der Waals surface area (Å²) >= 11 is 0. The molecular formula is C12H14N4O4. The molecule has 0 radical (unpaired) electrons.